The van der Waals surface area contributed by atoms with Gasteiger partial charge in [-0.1, -0.05) is 0 Å². The minimum atomic E-state index is -3.43. The van der Waals surface area contributed by atoms with Crippen molar-refractivity contribution in [1.29, 1.82) is 0 Å². The SMILES string of the molecule is CC(C)S(=O)(=O)c1ccc(N)cc1O. The maximum Gasteiger partial charge on any atom is 0.184 e. The van der Waals surface area contributed by atoms with Gasteiger partial charge in [0.05, 0.1) is 5.25 Å². The first kappa shape index (κ1) is 10.8. The van der Waals surface area contributed by atoms with Gasteiger partial charge in [0.1, 0.15) is 10.6 Å². The average molecular weight is 215 g/mol. The Labute approximate surface area is 83.3 Å². The van der Waals surface area contributed by atoms with Crippen LogP contribution in [-0.2, 0) is 9.84 Å². The summed E-state index contributed by atoms with van der Waals surface area (Å²) in [5.41, 5.74) is 5.73. The Morgan fingerprint density at radius 1 is 1.36 bits per heavy atom. The predicted octanol–water partition coefficient (Wildman–Crippen LogP) is 1.16. The summed E-state index contributed by atoms with van der Waals surface area (Å²) < 4.78 is 23.3. The van der Waals surface area contributed by atoms with Gasteiger partial charge in [0.2, 0.25) is 0 Å². The summed E-state index contributed by atoms with van der Waals surface area (Å²) in [5, 5.41) is 8.86. The standard InChI is InChI=1S/C9H13NO3S/c1-6(2)14(12,13)9-4-3-7(10)5-8(9)11/h3-6,11H,10H2,1-2H3. The van der Waals surface area contributed by atoms with Crippen LogP contribution < -0.4 is 5.73 Å². The molecule has 3 N–H and O–H groups in total. The second kappa shape index (κ2) is 3.49. The second-order valence-corrected chi connectivity index (χ2v) is 5.79. The van der Waals surface area contributed by atoms with Crippen molar-refractivity contribution in [2.45, 2.75) is 24.0 Å². The van der Waals surface area contributed by atoms with Crippen LogP contribution in [0.4, 0.5) is 5.69 Å². The summed E-state index contributed by atoms with van der Waals surface area (Å²) in [6, 6.07) is 4.00. The lowest BCUT2D eigenvalue weighted by atomic mass is 10.3. The van der Waals surface area contributed by atoms with Crippen molar-refractivity contribution in [2.75, 3.05) is 5.73 Å². The molecule has 1 rings (SSSR count). The van der Waals surface area contributed by atoms with Gasteiger partial charge < -0.3 is 10.8 Å². The van der Waals surface area contributed by atoms with E-state index in [1.807, 2.05) is 0 Å². The third-order valence-corrected chi connectivity index (χ3v) is 4.11. The number of benzene rings is 1. The summed E-state index contributed by atoms with van der Waals surface area (Å²) in [6.45, 7) is 3.12. The summed E-state index contributed by atoms with van der Waals surface area (Å²) in [4.78, 5) is -0.0679. The number of nitrogen functional groups attached to an aromatic ring is 1. The third kappa shape index (κ3) is 1.82. The zero-order valence-corrected chi connectivity index (χ0v) is 8.88. The molecule has 0 unspecified atom stereocenters. The van der Waals surface area contributed by atoms with Gasteiger partial charge in [-0.25, -0.2) is 8.42 Å². The molecule has 0 atom stereocenters. The quantitative estimate of drug-likeness (QED) is 0.725. The number of rotatable bonds is 2. The van der Waals surface area contributed by atoms with Crippen LogP contribution >= 0.6 is 0 Å². The number of hydrogen-bond acceptors (Lipinski definition) is 4. The topological polar surface area (TPSA) is 80.4 Å². The third-order valence-electron chi connectivity index (χ3n) is 1.91. The van der Waals surface area contributed by atoms with Crippen molar-refractivity contribution in [3.8, 4) is 5.75 Å². The fraction of sp³-hybridized carbons (Fsp3) is 0.333. The number of anilines is 1. The summed E-state index contributed by atoms with van der Waals surface area (Å²) in [7, 11) is -3.43. The summed E-state index contributed by atoms with van der Waals surface area (Å²) >= 11 is 0. The van der Waals surface area contributed by atoms with E-state index in [0.717, 1.165) is 0 Å². The van der Waals surface area contributed by atoms with Crippen LogP contribution in [0.1, 0.15) is 13.8 Å². The van der Waals surface area contributed by atoms with Gasteiger partial charge in [0, 0.05) is 11.8 Å². The van der Waals surface area contributed by atoms with Crippen LogP contribution in [-0.4, -0.2) is 18.8 Å². The van der Waals surface area contributed by atoms with E-state index in [1.54, 1.807) is 13.8 Å². The molecule has 0 heterocycles. The van der Waals surface area contributed by atoms with Crippen molar-refractivity contribution in [3.05, 3.63) is 18.2 Å². The molecule has 0 spiro atoms. The first-order valence-corrected chi connectivity index (χ1v) is 5.72. The molecule has 5 heteroatoms. The van der Waals surface area contributed by atoms with E-state index < -0.39 is 15.1 Å². The summed E-state index contributed by atoms with van der Waals surface area (Å²) in [5.74, 6) is -0.293. The number of nitrogens with two attached hydrogens (primary N) is 1. The fourth-order valence-electron chi connectivity index (χ4n) is 1.03. The zero-order chi connectivity index (χ0) is 10.9. The van der Waals surface area contributed by atoms with E-state index in [-0.39, 0.29) is 10.6 Å². The minimum Gasteiger partial charge on any atom is -0.507 e. The normalized spacial score (nSPS) is 11.9. The molecule has 1 aromatic carbocycles. The van der Waals surface area contributed by atoms with Crippen molar-refractivity contribution in [2.24, 2.45) is 0 Å². The number of phenols is 1. The Morgan fingerprint density at radius 2 is 1.93 bits per heavy atom. The number of hydrogen-bond donors (Lipinski definition) is 2. The van der Waals surface area contributed by atoms with Crippen LogP contribution in [0.5, 0.6) is 5.75 Å². The zero-order valence-electron chi connectivity index (χ0n) is 8.06. The molecular formula is C9H13NO3S. The molecule has 0 aromatic heterocycles. The highest BCUT2D eigenvalue weighted by Gasteiger charge is 2.22. The molecule has 14 heavy (non-hydrogen) atoms. The minimum absolute atomic E-state index is 0.0679. The smallest absolute Gasteiger partial charge is 0.184 e. The molecule has 0 aliphatic carbocycles. The monoisotopic (exact) mass is 215 g/mol. The molecule has 0 saturated heterocycles. The van der Waals surface area contributed by atoms with Gasteiger partial charge in [-0.15, -0.1) is 0 Å². The average Bonchev–Trinajstić information content (AvgIpc) is 2.02. The first-order chi connectivity index (χ1) is 6.35. The highest BCUT2D eigenvalue weighted by atomic mass is 32.2. The maximum absolute atomic E-state index is 11.7. The molecule has 0 saturated carbocycles. The number of aromatic hydroxyl groups is 1. The first-order valence-electron chi connectivity index (χ1n) is 4.18. The Morgan fingerprint density at radius 3 is 2.36 bits per heavy atom. The molecule has 0 radical (unpaired) electrons. The lowest BCUT2D eigenvalue weighted by Crippen LogP contribution is -2.14. The van der Waals surface area contributed by atoms with Crippen molar-refractivity contribution < 1.29 is 13.5 Å². The van der Waals surface area contributed by atoms with Crippen LogP contribution in [0, 0.1) is 0 Å². The van der Waals surface area contributed by atoms with Crippen molar-refractivity contribution >= 4 is 15.5 Å². The molecule has 0 aliphatic heterocycles. The van der Waals surface area contributed by atoms with E-state index in [4.69, 9.17) is 5.73 Å². The van der Waals surface area contributed by atoms with Crippen LogP contribution in [0.3, 0.4) is 0 Å². The predicted molar refractivity (Wildman–Crippen MR) is 54.8 cm³/mol. The van der Waals surface area contributed by atoms with E-state index >= 15 is 0 Å². The van der Waals surface area contributed by atoms with Gasteiger partial charge in [-0.05, 0) is 26.0 Å². The molecule has 0 amide bonds. The van der Waals surface area contributed by atoms with Crippen molar-refractivity contribution in [3.63, 3.8) is 0 Å². The van der Waals surface area contributed by atoms with Gasteiger partial charge in [-0.2, -0.15) is 0 Å². The van der Waals surface area contributed by atoms with E-state index in [2.05, 4.69) is 0 Å². The van der Waals surface area contributed by atoms with Gasteiger partial charge in [0.25, 0.3) is 0 Å². The molecule has 0 fully saturated rings. The molecule has 1 aromatic rings. The number of sulfone groups is 1. The van der Waals surface area contributed by atoms with E-state index in [1.165, 1.54) is 18.2 Å². The van der Waals surface area contributed by atoms with Gasteiger partial charge >= 0.3 is 0 Å². The molecule has 0 bridgehead atoms. The molecular weight excluding hydrogens is 202 g/mol. The Kier molecular flexibility index (Phi) is 2.71. The fourth-order valence-corrected chi connectivity index (χ4v) is 2.14. The lowest BCUT2D eigenvalue weighted by molar-refractivity contribution is 0.458. The lowest BCUT2D eigenvalue weighted by Gasteiger charge is -2.09. The van der Waals surface area contributed by atoms with E-state index in [0.29, 0.717) is 5.69 Å². The van der Waals surface area contributed by atoms with Gasteiger partial charge in [-0.3, -0.25) is 0 Å². The molecule has 0 aliphatic rings. The number of phenolic OH excluding ortho intramolecular Hbond substituents is 1. The Balaban J connectivity index is 3.35. The molecule has 78 valence electrons. The Bertz CT molecular complexity index is 437. The largest absolute Gasteiger partial charge is 0.507 e. The Hall–Kier alpha value is -1.23. The highest BCUT2D eigenvalue weighted by Crippen LogP contribution is 2.27. The van der Waals surface area contributed by atoms with E-state index in [9.17, 15) is 13.5 Å². The highest BCUT2D eigenvalue weighted by molar-refractivity contribution is 7.92. The summed E-state index contributed by atoms with van der Waals surface area (Å²) in [6.07, 6.45) is 0. The second-order valence-electron chi connectivity index (χ2n) is 3.32. The maximum atomic E-state index is 11.7. The van der Waals surface area contributed by atoms with Crippen LogP contribution in [0.15, 0.2) is 23.1 Å². The van der Waals surface area contributed by atoms with Gasteiger partial charge in [0.15, 0.2) is 9.84 Å². The molecule has 4 nitrogen and oxygen atoms in total. The van der Waals surface area contributed by atoms with Crippen molar-refractivity contribution in [1.82, 2.24) is 0 Å². The van der Waals surface area contributed by atoms with Crippen LogP contribution in [0.25, 0.3) is 0 Å². The van der Waals surface area contributed by atoms with Crippen LogP contribution in [0.2, 0.25) is 0 Å².